The largest absolute Gasteiger partial charge is 0.399 e. The van der Waals surface area contributed by atoms with Crippen molar-refractivity contribution in [3.63, 3.8) is 0 Å². The van der Waals surface area contributed by atoms with Crippen molar-refractivity contribution in [2.24, 2.45) is 5.92 Å². The van der Waals surface area contributed by atoms with Gasteiger partial charge in [0.15, 0.2) is 0 Å². The zero-order chi connectivity index (χ0) is 12.3. The van der Waals surface area contributed by atoms with Gasteiger partial charge < -0.3 is 11.1 Å². The second kappa shape index (κ2) is 4.99. The van der Waals surface area contributed by atoms with Gasteiger partial charge in [-0.3, -0.25) is 4.79 Å². The van der Waals surface area contributed by atoms with Crippen molar-refractivity contribution in [1.82, 2.24) is 0 Å². The van der Waals surface area contributed by atoms with Crippen LogP contribution in [0.15, 0.2) is 30.4 Å². The van der Waals surface area contributed by atoms with Crippen molar-refractivity contribution in [3.8, 4) is 0 Å². The van der Waals surface area contributed by atoms with Crippen LogP contribution < -0.4 is 11.1 Å². The van der Waals surface area contributed by atoms with Crippen LogP contribution >= 0.6 is 0 Å². The number of nitrogen functional groups attached to an aromatic ring is 1. The van der Waals surface area contributed by atoms with E-state index in [2.05, 4.69) is 11.4 Å². The van der Waals surface area contributed by atoms with Gasteiger partial charge in [0.05, 0.1) is 5.69 Å². The first-order chi connectivity index (χ1) is 8.15. The Morgan fingerprint density at radius 2 is 2.35 bits per heavy atom. The maximum Gasteiger partial charge on any atom is 0.225 e. The predicted molar refractivity (Wildman–Crippen MR) is 65.9 cm³/mol. The molecular weight excluding hydrogens is 219 g/mol. The summed E-state index contributed by atoms with van der Waals surface area (Å²) in [6.45, 7) is 0. The molecule has 0 aromatic heterocycles. The molecule has 0 radical (unpaired) electrons. The summed E-state index contributed by atoms with van der Waals surface area (Å²) in [5, 5.41) is 2.55. The van der Waals surface area contributed by atoms with E-state index in [1.54, 1.807) is 0 Å². The molecule has 1 atom stereocenters. The molecular formula is C13H15FN2O. The number of amides is 1. The van der Waals surface area contributed by atoms with Gasteiger partial charge in [-0.2, -0.15) is 0 Å². The molecule has 2 rings (SSSR count). The lowest BCUT2D eigenvalue weighted by Gasteiger charge is -2.09. The van der Waals surface area contributed by atoms with E-state index < -0.39 is 5.82 Å². The van der Waals surface area contributed by atoms with Gasteiger partial charge in [0.25, 0.3) is 0 Å². The van der Waals surface area contributed by atoms with Gasteiger partial charge in [-0.15, -0.1) is 0 Å². The number of benzene rings is 1. The number of rotatable bonds is 3. The summed E-state index contributed by atoms with van der Waals surface area (Å²) in [6, 6.07) is 4.14. The lowest BCUT2D eigenvalue weighted by Crippen LogP contribution is -2.15. The molecule has 3 N–H and O–H groups in total. The molecule has 3 nitrogen and oxygen atoms in total. The maximum absolute atomic E-state index is 13.4. The SMILES string of the molecule is Nc1ccc(F)c(NC(=O)CC2C=CCC2)c1. The van der Waals surface area contributed by atoms with E-state index in [0.717, 1.165) is 12.8 Å². The van der Waals surface area contributed by atoms with Crippen molar-refractivity contribution < 1.29 is 9.18 Å². The normalized spacial score (nSPS) is 18.3. The van der Waals surface area contributed by atoms with E-state index in [0.29, 0.717) is 12.1 Å². The number of carbonyl (C=O) groups is 1. The average molecular weight is 234 g/mol. The lowest BCUT2D eigenvalue weighted by atomic mass is 10.1. The van der Waals surface area contributed by atoms with Crippen LogP contribution in [0.3, 0.4) is 0 Å². The third kappa shape index (κ3) is 3.06. The van der Waals surface area contributed by atoms with Crippen LogP contribution in [-0.2, 0) is 4.79 Å². The zero-order valence-corrected chi connectivity index (χ0v) is 9.45. The molecule has 1 aromatic rings. The van der Waals surface area contributed by atoms with Crippen molar-refractivity contribution in [3.05, 3.63) is 36.2 Å². The highest BCUT2D eigenvalue weighted by Crippen LogP contribution is 2.22. The first kappa shape index (κ1) is 11.6. The Labute approximate surface area is 99.5 Å². The molecule has 0 bridgehead atoms. The number of carbonyl (C=O) groups excluding carboxylic acids is 1. The van der Waals surface area contributed by atoms with E-state index in [1.807, 2.05) is 6.08 Å². The van der Waals surface area contributed by atoms with Crippen LogP contribution in [0, 0.1) is 11.7 Å². The predicted octanol–water partition coefficient (Wildman–Crippen LogP) is 2.70. The molecule has 1 aromatic carbocycles. The Bertz CT molecular complexity index is 457. The number of nitrogens with two attached hydrogens (primary N) is 1. The highest BCUT2D eigenvalue weighted by molar-refractivity contribution is 5.91. The Morgan fingerprint density at radius 1 is 1.53 bits per heavy atom. The Kier molecular flexibility index (Phi) is 3.42. The van der Waals surface area contributed by atoms with Crippen molar-refractivity contribution in [1.29, 1.82) is 0 Å². The fourth-order valence-corrected chi connectivity index (χ4v) is 1.94. The summed E-state index contributed by atoms with van der Waals surface area (Å²) in [7, 11) is 0. The highest BCUT2D eigenvalue weighted by Gasteiger charge is 2.15. The third-order valence-electron chi connectivity index (χ3n) is 2.82. The topological polar surface area (TPSA) is 55.1 Å². The van der Waals surface area contributed by atoms with Crippen LogP contribution in [0.1, 0.15) is 19.3 Å². The summed E-state index contributed by atoms with van der Waals surface area (Å²) in [5.41, 5.74) is 6.12. The number of hydrogen-bond acceptors (Lipinski definition) is 2. The molecule has 4 heteroatoms. The minimum atomic E-state index is -0.463. The molecule has 17 heavy (non-hydrogen) atoms. The first-order valence-electron chi connectivity index (χ1n) is 5.66. The minimum absolute atomic E-state index is 0.150. The molecule has 0 fully saturated rings. The average Bonchev–Trinajstić information content (AvgIpc) is 2.76. The van der Waals surface area contributed by atoms with Crippen LogP contribution in [0.25, 0.3) is 0 Å². The van der Waals surface area contributed by atoms with Crippen LogP contribution in [0.4, 0.5) is 15.8 Å². The van der Waals surface area contributed by atoms with Gasteiger partial charge in [-0.25, -0.2) is 4.39 Å². The molecule has 1 aliphatic rings. The number of halogens is 1. The molecule has 0 heterocycles. The molecule has 0 saturated carbocycles. The fourth-order valence-electron chi connectivity index (χ4n) is 1.94. The van der Waals surface area contributed by atoms with Crippen LogP contribution in [0.2, 0.25) is 0 Å². The molecule has 0 saturated heterocycles. The summed E-state index contributed by atoms with van der Waals surface area (Å²) in [6.07, 6.45) is 6.51. The standard InChI is InChI=1S/C13H15FN2O/c14-11-6-5-10(15)8-12(11)16-13(17)7-9-3-1-2-4-9/h1,3,5-6,8-9H,2,4,7,15H2,(H,16,17). The van der Waals surface area contributed by atoms with E-state index in [4.69, 9.17) is 5.73 Å². The van der Waals surface area contributed by atoms with Gasteiger partial charge in [0, 0.05) is 12.1 Å². The van der Waals surface area contributed by atoms with E-state index >= 15 is 0 Å². The number of anilines is 2. The molecule has 90 valence electrons. The van der Waals surface area contributed by atoms with E-state index in [-0.39, 0.29) is 17.5 Å². The maximum atomic E-state index is 13.4. The monoisotopic (exact) mass is 234 g/mol. The highest BCUT2D eigenvalue weighted by atomic mass is 19.1. The van der Waals surface area contributed by atoms with Crippen LogP contribution in [0.5, 0.6) is 0 Å². The molecule has 1 aliphatic carbocycles. The molecule has 1 amide bonds. The van der Waals surface area contributed by atoms with Gasteiger partial charge in [-0.1, -0.05) is 12.2 Å². The summed E-state index contributed by atoms with van der Waals surface area (Å²) >= 11 is 0. The fraction of sp³-hybridized carbons (Fsp3) is 0.308. The van der Waals surface area contributed by atoms with Gasteiger partial charge >= 0.3 is 0 Å². The Morgan fingerprint density at radius 3 is 3.06 bits per heavy atom. The molecule has 0 spiro atoms. The van der Waals surface area contributed by atoms with Gasteiger partial charge in [-0.05, 0) is 37.0 Å². The van der Waals surface area contributed by atoms with Crippen molar-refractivity contribution >= 4 is 17.3 Å². The Hall–Kier alpha value is -1.84. The number of hydrogen-bond donors (Lipinski definition) is 2. The minimum Gasteiger partial charge on any atom is -0.399 e. The van der Waals surface area contributed by atoms with E-state index in [1.165, 1.54) is 18.2 Å². The third-order valence-corrected chi connectivity index (χ3v) is 2.82. The van der Waals surface area contributed by atoms with Gasteiger partial charge in [0.2, 0.25) is 5.91 Å². The lowest BCUT2D eigenvalue weighted by molar-refractivity contribution is -0.116. The zero-order valence-electron chi connectivity index (χ0n) is 9.45. The smallest absolute Gasteiger partial charge is 0.225 e. The summed E-state index contributed by atoms with van der Waals surface area (Å²) < 4.78 is 13.4. The molecule has 1 unspecified atom stereocenters. The Balaban J connectivity index is 1.97. The first-order valence-corrected chi connectivity index (χ1v) is 5.66. The molecule has 0 aliphatic heterocycles. The van der Waals surface area contributed by atoms with Crippen LogP contribution in [-0.4, -0.2) is 5.91 Å². The van der Waals surface area contributed by atoms with Crippen molar-refractivity contribution in [2.45, 2.75) is 19.3 Å². The van der Waals surface area contributed by atoms with Crippen molar-refractivity contribution in [2.75, 3.05) is 11.1 Å². The van der Waals surface area contributed by atoms with Gasteiger partial charge in [0.1, 0.15) is 5.82 Å². The number of allylic oxidation sites excluding steroid dienone is 2. The van der Waals surface area contributed by atoms with E-state index in [9.17, 15) is 9.18 Å². The summed E-state index contributed by atoms with van der Waals surface area (Å²) in [4.78, 5) is 11.7. The second-order valence-electron chi connectivity index (χ2n) is 4.26. The number of nitrogens with one attached hydrogen (secondary N) is 1. The summed E-state index contributed by atoms with van der Waals surface area (Å²) in [5.74, 6) is -0.361. The second-order valence-corrected chi connectivity index (χ2v) is 4.26. The quantitative estimate of drug-likeness (QED) is 0.624.